The molecule has 2 aliphatic rings. The van der Waals surface area contributed by atoms with E-state index in [1.165, 1.54) is 38.0 Å². The molecule has 1 aromatic heterocycles. The van der Waals surface area contributed by atoms with Gasteiger partial charge in [0.1, 0.15) is 0 Å². The van der Waals surface area contributed by atoms with Gasteiger partial charge in [-0.2, -0.15) is 0 Å². The lowest BCUT2D eigenvalue weighted by Crippen LogP contribution is -2.52. The van der Waals surface area contributed by atoms with Crippen LogP contribution in [0.2, 0.25) is 0 Å². The molecule has 2 fully saturated rings. The molecule has 0 unspecified atom stereocenters. The van der Waals surface area contributed by atoms with Crippen molar-refractivity contribution in [2.45, 2.75) is 32.6 Å². The first kappa shape index (κ1) is 19.9. The summed E-state index contributed by atoms with van der Waals surface area (Å²) in [6, 6.07) is 12.5. The molecule has 1 amide bonds. The molecule has 0 aliphatic carbocycles. The second kappa shape index (κ2) is 8.95. The van der Waals surface area contributed by atoms with Crippen LogP contribution in [0, 0.1) is 11.8 Å². The topological polar surface area (TPSA) is 48.5 Å². The van der Waals surface area contributed by atoms with E-state index in [0.717, 1.165) is 30.4 Å². The Morgan fingerprint density at radius 3 is 2.48 bits per heavy atom. The first-order chi connectivity index (χ1) is 14.1. The highest BCUT2D eigenvalue weighted by Gasteiger charge is 2.33. The van der Waals surface area contributed by atoms with Gasteiger partial charge in [0.05, 0.1) is 17.8 Å². The quantitative estimate of drug-likeness (QED) is 0.807. The molecule has 1 N–H and O–H groups in total. The molecule has 4 rings (SSSR count). The van der Waals surface area contributed by atoms with Crippen LogP contribution in [0.15, 0.2) is 48.8 Å². The fourth-order valence-electron chi connectivity index (χ4n) is 4.44. The van der Waals surface area contributed by atoms with Crippen LogP contribution in [-0.4, -0.2) is 48.5 Å². The Balaban J connectivity index is 1.24. The molecule has 0 saturated carbocycles. The van der Waals surface area contributed by atoms with E-state index in [1.54, 1.807) is 6.20 Å². The maximum Gasteiger partial charge on any atom is 0.231 e. The molecule has 0 radical (unpaired) electrons. The Kier molecular flexibility index (Phi) is 6.14. The van der Waals surface area contributed by atoms with Crippen LogP contribution in [0.4, 0.5) is 11.4 Å². The monoisotopic (exact) mass is 392 g/mol. The van der Waals surface area contributed by atoms with Gasteiger partial charge in [-0.05, 0) is 67.6 Å². The lowest BCUT2D eigenvalue weighted by molar-refractivity contribution is -0.120. The average molecular weight is 393 g/mol. The van der Waals surface area contributed by atoms with E-state index in [4.69, 9.17) is 0 Å². The zero-order valence-electron chi connectivity index (χ0n) is 17.6. The lowest BCUT2D eigenvalue weighted by atomic mass is 9.89. The third-order valence-electron chi connectivity index (χ3n) is 6.12. The van der Waals surface area contributed by atoms with Crippen molar-refractivity contribution in [1.82, 2.24) is 9.88 Å². The van der Waals surface area contributed by atoms with Crippen LogP contribution in [0.1, 0.15) is 38.2 Å². The summed E-state index contributed by atoms with van der Waals surface area (Å²) in [4.78, 5) is 21.4. The molecule has 5 nitrogen and oxygen atoms in total. The Hall–Kier alpha value is -2.40. The van der Waals surface area contributed by atoms with Crippen molar-refractivity contribution >= 4 is 17.3 Å². The second-order valence-electron chi connectivity index (χ2n) is 8.89. The molecule has 3 heterocycles. The predicted molar refractivity (Wildman–Crippen MR) is 118 cm³/mol. The minimum atomic E-state index is 0.0418. The van der Waals surface area contributed by atoms with Crippen molar-refractivity contribution in [3.05, 3.63) is 54.4 Å². The number of anilines is 2. The molecule has 29 heavy (non-hydrogen) atoms. The smallest absolute Gasteiger partial charge is 0.231 e. The number of hydrogen-bond donors (Lipinski definition) is 1. The summed E-state index contributed by atoms with van der Waals surface area (Å²) in [5.41, 5.74) is 3.38. The molecule has 154 valence electrons. The number of benzene rings is 1. The van der Waals surface area contributed by atoms with Crippen LogP contribution in [0.25, 0.3) is 0 Å². The molecule has 0 bridgehead atoms. The number of carbonyl (C=O) groups is 1. The molecule has 2 saturated heterocycles. The van der Waals surface area contributed by atoms with Gasteiger partial charge in [0.25, 0.3) is 0 Å². The van der Waals surface area contributed by atoms with Gasteiger partial charge in [-0.15, -0.1) is 0 Å². The van der Waals surface area contributed by atoms with Crippen LogP contribution < -0.4 is 10.2 Å². The number of pyridine rings is 1. The highest BCUT2D eigenvalue weighted by molar-refractivity contribution is 5.94. The Labute approximate surface area is 174 Å². The van der Waals surface area contributed by atoms with Gasteiger partial charge >= 0.3 is 0 Å². The van der Waals surface area contributed by atoms with Crippen molar-refractivity contribution in [3.8, 4) is 0 Å². The van der Waals surface area contributed by atoms with E-state index in [2.05, 4.69) is 58.2 Å². The van der Waals surface area contributed by atoms with E-state index >= 15 is 0 Å². The highest BCUT2D eigenvalue weighted by atomic mass is 16.2. The van der Waals surface area contributed by atoms with Crippen molar-refractivity contribution < 1.29 is 4.79 Å². The first-order valence-corrected chi connectivity index (χ1v) is 10.9. The molecule has 0 spiro atoms. The number of hydrogen-bond acceptors (Lipinski definition) is 4. The molecular weight excluding hydrogens is 360 g/mol. The van der Waals surface area contributed by atoms with E-state index in [1.807, 2.05) is 18.3 Å². The number of piperidine rings is 1. The number of nitrogens with zero attached hydrogens (tertiary/aromatic N) is 3. The fourth-order valence-corrected chi connectivity index (χ4v) is 4.44. The van der Waals surface area contributed by atoms with E-state index in [-0.39, 0.29) is 11.8 Å². The maximum absolute atomic E-state index is 12.5. The number of aromatic nitrogens is 1. The Bertz CT molecular complexity index is 791. The van der Waals surface area contributed by atoms with Gasteiger partial charge < -0.3 is 15.1 Å². The average Bonchev–Trinajstić information content (AvgIpc) is 2.68. The summed E-state index contributed by atoms with van der Waals surface area (Å²) in [6.45, 7) is 9.68. The normalized spacial score (nSPS) is 18.7. The summed E-state index contributed by atoms with van der Waals surface area (Å²) in [6.07, 6.45) is 6.07. The number of nitrogens with one attached hydrogen (secondary N) is 1. The maximum atomic E-state index is 12.5. The molecule has 2 aromatic rings. The molecule has 0 atom stereocenters. The van der Waals surface area contributed by atoms with Crippen molar-refractivity contribution in [1.29, 1.82) is 0 Å². The predicted octanol–water partition coefficient (Wildman–Crippen LogP) is 3.99. The number of amides is 1. The third-order valence-corrected chi connectivity index (χ3v) is 6.12. The van der Waals surface area contributed by atoms with E-state index < -0.39 is 0 Å². The Morgan fingerprint density at radius 2 is 1.86 bits per heavy atom. The summed E-state index contributed by atoms with van der Waals surface area (Å²) >= 11 is 0. The molecule has 5 heteroatoms. The SMILES string of the molecule is CC(C)CN1CCC(c2ccc(NC(=O)C3CN(c4cccnc4)C3)cc2)CC1. The number of rotatable bonds is 6. The summed E-state index contributed by atoms with van der Waals surface area (Å²) in [7, 11) is 0. The van der Waals surface area contributed by atoms with Crippen molar-refractivity contribution in [3.63, 3.8) is 0 Å². The van der Waals surface area contributed by atoms with Gasteiger partial charge in [0.2, 0.25) is 5.91 Å². The minimum Gasteiger partial charge on any atom is -0.369 e. The van der Waals surface area contributed by atoms with Gasteiger partial charge in [-0.1, -0.05) is 26.0 Å². The van der Waals surface area contributed by atoms with Crippen LogP contribution in [0.5, 0.6) is 0 Å². The molecule has 1 aromatic carbocycles. The van der Waals surface area contributed by atoms with Crippen LogP contribution >= 0.6 is 0 Å². The van der Waals surface area contributed by atoms with E-state index in [0.29, 0.717) is 5.92 Å². The second-order valence-corrected chi connectivity index (χ2v) is 8.89. The fraction of sp³-hybridized carbons (Fsp3) is 0.500. The lowest BCUT2D eigenvalue weighted by Gasteiger charge is -2.39. The summed E-state index contributed by atoms with van der Waals surface area (Å²) in [5, 5.41) is 3.09. The van der Waals surface area contributed by atoms with Crippen LogP contribution in [0.3, 0.4) is 0 Å². The number of likely N-dealkylation sites (tertiary alicyclic amines) is 1. The largest absolute Gasteiger partial charge is 0.369 e. The zero-order valence-corrected chi connectivity index (χ0v) is 17.6. The van der Waals surface area contributed by atoms with Crippen molar-refractivity contribution in [2.75, 3.05) is 42.9 Å². The van der Waals surface area contributed by atoms with Gasteiger partial charge in [0, 0.05) is 31.5 Å². The molecular formula is C24H32N4O. The third kappa shape index (κ3) is 4.96. The zero-order chi connectivity index (χ0) is 20.2. The first-order valence-electron chi connectivity index (χ1n) is 10.9. The standard InChI is InChI=1S/C24H32N4O/c1-18(2)15-27-12-9-20(10-13-27)19-5-7-22(8-6-19)26-24(29)21-16-28(17-21)23-4-3-11-25-14-23/h3-8,11,14,18,20-21H,9-10,12-13,15-17H2,1-2H3,(H,26,29). The van der Waals surface area contributed by atoms with Crippen molar-refractivity contribution in [2.24, 2.45) is 11.8 Å². The highest BCUT2D eigenvalue weighted by Crippen LogP contribution is 2.30. The minimum absolute atomic E-state index is 0.0418. The summed E-state index contributed by atoms with van der Waals surface area (Å²) < 4.78 is 0. The number of carbonyl (C=O) groups excluding carboxylic acids is 1. The Morgan fingerprint density at radius 1 is 1.14 bits per heavy atom. The molecule has 2 aliphatic heterocycles. The van der Waals surface area contributed by atoms with E-state index in [9.17, 15) is 4.79 Å². The summed E-state index contributed by atoms with van der Waals surface area (Å²) in [5.74, 6) is 1.53. The van der Waals surface area contributed by atoms with Gasteiger partial charge in [-0.3, -0.25) is 9.78 Å². The van der Waals surface area contributed by atoms with Gasteiger partial charge in [0.15, 0.2) is 0 Å². The van der Waals surface area contributed by atoms with Crippen LogP contribution in [-0.2, 0) is 4.79 Å². The van der Waals surface area contributed by atoms with Gasteiger partial charge in [-0.25, -0.2) is 0 Å².